The molecular weight excluding hydrogens is 352 g/mol. The zero-order valence-electron chi connectivity index (χ0n) is 16.9. The number of aromatic amines is 1. The van der Waals surface area contributed by atoms with Crippen LogP contribution in [0.2, 0.25) is 0 Å². The first-order valence-corrected chi connectivity index (χ1v) is 9.58. The minimum absolute atomic E-state index is 0.0295. The summed E-state index contributed by atoms with van der Waals surface area (Å²) in [7, 11) is 3.27. The first-order chi connectivity index (χ1) is 13.5. The summed E-state index contributed by atoms with van der Waals surface area (Å²) >= 11 is 0. The second-order valence-electron chi connectivity index (χ2n) is 7.35. The molecule has 0 aliphatic heterocycles. The van der Waals surface area contributed by atoms with Crippen molar-refractivity contribution in [3.05, 3.63) is 59.8 Å². The standard InChI is InChI=1S/C23H28N2O3/c1-15(2)13-25-23(26)12-19(18-10-9-16(27-3)11-22(18)28-4)20-14-24-21-8-6-5-7-17(20)21/h5-11,14-15,19,24H,12-13H2,1-4H3,(H,25,26). The summed E-state index contributed by atoms with van der Waals surface area (Å²) in [6.45, 7) is 4.84. The van der Waals surface area contributed by atoms with Crippen molar-refractivity contribution in [3.8, 4) is 11.5 Å². The fourth-order valence-corrected chi connectivity index (χ4v) is 3.45. The van der Waals surface area contributed by atoms with E-state index in [2.05, 4.69) is 30.2 Å². The number of aromatic nitrogens is 1. The molecule has 1 atom stereocenters. The van der Waals surface area contributed by atoms with Crippen molar-refractivity contribution >= 4 is 16.8 Å². The lowest BCUT2D eigenvalue weighted by atomic mass is 9.87. The Morgan fingerprint density at radius 2 is 1.86 bits per heavy atom. The van der Waals surface area contributed by atoms with E-state index >= 15 is 0 Å². The molecule has 0 spiro atoms. The van der Waals surface area contributed by atoms with Crippen LogP contribution in [0.5, 0.6) is 11.5 Å². The molecule has 0 fully saturated rings. The molecule has 1 aromatic heterocycles. The minimum Gasteiger partial charge on any atom is -0.497 e. The molecule has 5 nitrogen and oxygen atoms in total. The molecule has 5 heteroatoms. The predicted octanol–water partition coefficient (Wildman–Crippen LogP) is 4.48. The van der Waals surface area contributed by atoms with E-state index in [-0.39, 0.29) is 11.8 Å². The fraction of sp³-hybridized carbons (Fsp3) is 0.348. The number of hydrogen-bond acceptors (Lipinski definition) is 3. The van der Waals surface area contributed by atoms with E-state index < -0.39 is 0 Å². The maximum absolute atomic E-state index is 12.7. The van der Waals surface area contributed by atoms with Crippen LogP contribution in [-0.2, 0) is 4.79 Å². The first-order valence-electron chi connectivity index (χ1n) is 9.58. The normalized spacial score (nSPS) is 12.2. The molecule has 1 heterocycles. The Morgan fingerprint density at radius 1 is 1.07 bits per heavy atom. The van der Waals surface area contributed by atoms with Crippen molar-refractivity contribution in [2.24, 2.45) is 5.92 Å². The number of para-hydroxylation sites is 1. The van der Waals surface area contributed by atoms with Crippen molar-refractivity contribution in [3.63, 3.8) is 0 Å². The predicted molar refractivity (Wildman–Crippen MR) is 112 cm³/mol. The third kappa shape index (κ3) is 4.30. The van der Waals surface area contributed by atoms with E-state index in [0.29, 0.717) is 24.6 Å². The van der Waals surface area contributed by atoms with Gasteiger partial charge in [-0.3, -0.25) is 4.79 Å². The number of ether oxygens (including phenoxy) is 2. The van der Waals surface area contributed by atoms with Gasteiger partial charge in [0.25, 0.3) is 0 Å². The highest BCUT2D eigenvalue weighted by Crippen LogP contribution is 2.39. The Hall–Kier alpha value is -2.95. The van der Waals surface area contributed by atoms with Gasteiger partial charge in [-0.05, 0) is 23.6 Å². The van der Waals surface area contributed by atoms with Crippen molar-refractivity contribution < 1.29 is 14.3 Å². The summed E-state index contributed by atoms with van der Waals surface area (Å²) in [5, 5.41) is 4.15. The number of nitrogens with one attached hydrogen (secondary N) is 2. The van der Waals surface area contributed by atoms with Crippen LogP contribution in [0.25, 0.3) is 10.9 Å². The molecule has 28 heavy (non-hydrogen) atoms. The second kappa shape index (κ2) is 8.83. The van der Waals surface area contributed by atoms with Gasteiger partial charge in [-0.15, -0.1) is 0 Å². The highest BCUT2D eigenvalue weighted by molar-refractivity contribution is 5.86. The average molecular weight is 380 g/mol. The Bertz CT molecular complexity index is 946. The van der Waals surface area contributed by atoms with E-state index in [4.69, 9.17) is 9.47 Å². The van der Waals surface area contributed by atoms with Gasteiger partial charge >= 0.3 is 0 Å². The zero-order chi connectivity index (χ0) is 20.1. The summed E-state index contributed by atoms with van der Waals surface area (Å²) in [5.41, 5.74) is 3.10. The van der Waals surface area contributed by atoms with E-state index in [9.17, 15) is 4.79 Å². The number of benzene rings is 2. The van der Waals surface area contributed by atoms with Crippen molar-refractivity contribution in [1.82, 2.24) is 10.3 Å². The van der Waals surface area contributed by atoms with Crippen LogP contribution in [0.4, 0.5) is 0 Å². The maximum Gasteiger partial charge on any atom is 0.220 e. The Morgan fingerprint density at radius 3 is 2.57 bits per heavy atom. The van der Waals surface area contributed by atoms with Crippen LogP contribution in [-0.4, -0.2) is 31.7 Å². The molecule has 0 radical (unpaired) electrons. The number of methoxy groups -OCH3 is 2. The maximum atomic E-state index is 12.7. The van der Waals surface area contributed by atoms with E-state index in [1.807, 2.05) is 42.6 Å². The van der Waals surface area contributed by atoms with Crippen LogP contribution in [0.1, 0.15) is 37.3 Å². The SMILES string of the molecule is COc1ccc(C(CC(=O)NCC(C)C)c2c[nH]c3ccccc23)c(OC)c1. The molecule has 2 aromatic carbocycles. The number of carbonyl (C=O) groups excluding carboxylic acids is 1. The highest BCUT2D eigenvalue weighted by atomic mass is 16.5. The van der Waals surface area contributed by atoms with Crippen molar-refractivity contribution in [2.45, 2.75) is 26.2 Å². The summed E-state index contributed by atoms with van der Waals surface area (Å²) in [6, 6.07) is 13.9. The number of hydrogen-bond donors (Lipinski definition) is 2. The van der Waals surface area contributed by atoms with Gasteiger partial charge in [0.05, 0.1) is 14.2 Å². The van der Waals surface area contributed by atoms with Crippen LogP contribution < -0.4 is 14.8 Å². The van der Waals surface area contributed by atoms with Gasteiger partial charge in [0, 0.05) is 47.6 Å². The van der Waals surface area contributed by atoms with Gasteiger partial charge in [-0.1, -0.05) is 38.1 Å². The average Bonchev–Trinajstić information content (AvgIpc) is 3.14. The van der Waals surface area contributed by atoms with Gasteiger partial charge in [0.2, 0.25) is 5.91 Å². The number of carbonyl (C=O) groups is 1. The Kier molecular flexibility index (Phi) is 6.24. The molecule has 148 valence electrons. The third-order valence-corrected chi connectivity index (χ3v) is 4.91. The lowest BCUT2D eigenvalue weighted by molar-refractivity contribution is -0.121. The molecule has 1 unspecified atom stereocenters. The minimum atomic E-state index is -0.135. The zero-order valence-corrected chi connectivity index (χ0v) is 16.9. The molecular formula is C23H28N2O3. The lowest BCUT2D eigenvalue weighted by Gasteiger charge is -2.20. The van der Waals surface area contributed by atoms with Gasteiger partial charge in [0.1, 0.15) is 11.5 Å². The molecule has 1 amide bonds. The van der Waals surface area contributed by atoms with Crippen molar-refractivity contribution in [2.75, 3.05) is 20.8 Å². The molecule has 2 N–H and O–H groups in total. The highest BCUT2D eigenvalue weighted by Gasteiger charge is 2.24. The largest absolute Gasteiger partial charge is 0.497 e. The van der Waals surface area contributed by atoms with Crippen LogP contribution in [0, 0.1) is 5.92 Å². The Balaban J connectivity index is 2.03. The molecule has 0 bridgehead atoms. The van der Waals surface area contributed by atoms with Gasteiger partial charge in [-0.25, -0.2) is 0 Å². The van der Waals surface area contributed by atoms with Crippen LogP contribution >= 0.6 is 0 Å². The fourth-order valence-electron chi connectivity index (χ4n) is 3.45. The van der Waals surface area contributed by atoms with Crippen molar-refractivity contribution in [1.29, 1.82) is 0 Å². The van der Waals surface area contributed by atoms with Crippen LogP contribution in [0.15, 0.2) is 48.7 Å². The summed E-state index contributed by atoms with van der Waals surface area (Å²) in [5.74, 6) is 1.74. The Labute approximate surface area is 166 Å². The topological polar surface area (TPSA) is 63.3 Å². The van der Waals surface area contributed by atoms with Crippen LogP contribution in [0.3, 0.4) is 0 Å². The number of fused-ring (bicyclic) bond motifs is 1. The van der Waals surface area contributed by atoms with Gasteiger partial charge < -0.3 is 19.8 Å². The quantitative estimate of drug-likeness (QED) is 0.606. The smallest absolute Gasteiger partial charge is 0.220 e. The summed E-state index contributed by atoms with van der Waals surface area (Å²) in [6.07, 6.45) is 2.34. The van der Waals surface area contributed by atoms with E-state index in [1.165, 1.54) is 0 Å². The number of rotatable bonds is 8. The molecule has 0 aliphatic carbocycles. The molecule has 0 saturated carbocycles. The summed E-state index contributed by atoms with van der Waals surface area (Å²) in [4.78, 5) is 16.0. The molecule has 3 aromatic rings. The monoisotopic (exact) mass is 380 g/mol. The number of amides is 1. The van der Waals surface area contributed by atoms with E-state index in [0.717, 1.165) is 27.8 Å². The molecule has 0 saturated heterocycles. The van der Waals surface area contributed by atoms with Gasteiger partial charge in [0.15, 0.2) is 0 Å². The second-order valence-corrected chi connectivity index (χ2v) is 7.35. The summed E-state index contributed by atoms with van der Waals surface area (Å²) < 4.78 is 11.0. The number of H-pyrrole nitrogens is 1. The lowest BCUT2D eigenvalue weighted by Crippen LogP contribution is -2.28. The molecule has 3 rings (SSSR count). The van der Waals surface area contributed by atoms with Gasteiger partial charge in [-0.2, -0.15) is 0 Å². The molecule has 0 aliphatic rings. The third-order valence-electron chi connectivity index (χ3n) is 4.91. The first kappa shape index (κ1) is 19.8. The van der Waals surface area contributed by atoms with E-state index in [1.54, 1.807) is 14.2 Å².